The van der Waals surface area contributed by atoms with Crippen LogP contribution in [0.4, 0.5) is 10.5 Å². The van der Waals surface area contributed by atoms with Crippen LogP contribution in [-0.4, -0.2) is 23.4 Å². The van der Waals surface area contributed by atoms with Crippen molar-refractivity contribution in [1.82, 2.24) is 0 Å². The van der Waals surface area contributed by atoms with E-state index in [9.17, 15) is 14.4 Å². The fraction of sp³-hybridized carbons (Fsp3) is 0. The van der Waals surface area contributed by atoms with Crippen LogP contribution in [0, 0.1) is 5.53 Å². The Labute approximate surface area is 112 Å². The number of carbonyl (C=O) groups excluding carboxylic acids is 2. The minimum atomic E-state index is -1.17. The number of rotatable bonds is 3. The van der Waals surface area contributed by atoms with E-state index in [0.29, 0.717) is 17.1 Å². The maximum atomic E-state index is 11.2. The highest BCUT2D eigenvalue weighted by molar-refractivity contribution is 6.14. The normalized spacial score (nSPS) is 10.0. The van der Waals surface area contributed by atoms with Crippen LogP contribution in [0.2, 0.25) is 0 Å². The molecule has 0 fully saturated rings. The van der Waals surface area contributed by atoms with E-state index in [1.807, 2.05) is 0 Å². The standard InChI is InChI=1S/C13H9N3O4/c14-16-13(20)15-11-7(6-17)5-10(12(18)19)8-3-1-2-4-9(8)11/h1-6,14H,(H,15,20)(H,18,19). The van der Waals surface area contributed by atoms with Crippen molar-refractivity contribution in [3.63, 3.8) is 0 Å². The van der Waals surface area contributed by atoms with Crippen LogP contribution in [0.5, 0.6) is 0 Å². The van der Waals surface area contributed by atoms with E-state index in [0.717, 1.165) is 0 Å². The third kappa shape index (κ3) is 2.24. The van der Waals surface area contributed by atoms with Crippen molar-refractivity contribution in [3.8, 4) is 0 Å². The maximum absolute atomic E-state index is 11.2. The number of amides is 2. The van der Waals surface area contributed by atoms with Crippen molar-refractivity contribution in [3.05, 3.63) is 41.5 Å². The molecular formula is C13H9N3O4. The molecule has 0 saturated carbocycles. The minimum Gasteiger partial charge on any atom is -0.478 e. The van der Waals surface area contributed by atoms with Crippen LogP contribution in [0.1, 0.15) is 20.7 Å². The quantitative estimate of drug-likeness (QED) is 0.587. The summed E-state index contributed by atoms with van der Waals surface area (Å²) in [6.45, 7) is 0. The SMILES string of the molecule is N=NC(=O)Nc1c(C=O)cc(C(=O)O)c2ccccc12. The smallest absolute Gasteiger partial charge is 0.363 e. The topological polar surface area (TPSA) is 120 Å². The van der Waals surface area contributed by atoms with Crippen LogP contribution in [0.15, 0.2) is 35.4 Å². The lowest BCUT2D eigenvalue weighted by Crippen LogP contribution is -2.10. The number of anilines is 1. The van der Waals surface area contributed by atoms with Crippen LogP contribution in [0.3, 0.4) is 0 Å². The zero-order chi connectivity index (χ0) is 14.7. The van der Waals surface area contributed by atoms with Crippen molar-refractivity contribution in [2.75, 3.05) is 5.32 Å². The monoisotopic (exact) mass is 271 g/mol. The zero-order valence-corrected chi connectivity index (χ0v) is 10.1. The van der Waals surface area contributed by atoms with Gasteiger partial charge in [-0.05, 0) is 11.5 Å². The summed E-state index contributed by atoms with van der Waals surface area (Å²) < 4.78 is 0. The fourth-order valence-corrected chi connectivity index (χ4v) is 1.94. The van der Waals surface area contributed by atoms with Gasteiger partial charge in [-0.25, -0.2) is 9.59 Å². The molecule has 0 bridgehead atoms. The zero-order valence-electron chi connectivity index (χ0n) is 10.1. The molecule has 20 heavy (non-hydrogen) atoms. The summed E-state index contributed by atoms with van der Waals surface area (Å²) in [4.78, 5) is 33.5. The van der Waals surface area contributed by atoms with Crippen molar-refractivity contribution in [1.29, 1.82) is 5.53 Å². The fourth-order valence-electron chi connectivity index (χ4n) is 1.94. The van der Waals surface area contributed by atoms with Gasteiger partial charge in [-0.2, -0.15) is 5.53 Å². The molecule has 0 atom stereocenters. The van der Waals surface area contributed by atoms with E-state index >= 15 is 0 Å². The number of urea groups is 1. The Morgan fingerprint density at radius 2 is 1.90 bits per heavy atom. The highest BCUT2D eigenvalue weighted by Crippen LogP contribution is 2.30. The van der Waals surface area contributed by atoms with Crippen LogP contribution >= 0.6 is 0 Å². The third-order valence-corrected chi connectivity index (χ3v) is 2.77. The first-order valence-electron chi connectivity index (χ1n) is 5.51. The largest absolute Gasteiger partial charge is 0.478 e. The summed E-state index contributed by atoms with van der Waals surface area (Å²) in [6, 6.07) is 6.68. The van der Waals surface area contributed by atoms with Crippen molar-refractivity contribution >= 4 is 34.7 Å². The summed E-state index contributed by atoms with van der Waals surface area (Å²) >= 11 is 0. The first-order valence-corrected chi connectivity index (χ1v) is 5.51. The number of carbonyl (C=O) groups is 3. The Morgan fingerprint density at radius 3 is 2.45 bits per heavy atom. The second-order valence-electron chi connectivity index (χ2n) is 3.90. The van der Waals surface area contributed by atoms with Crippen LogP contribution < -0.4 is 5.32 Å². The molecular weight excluding hydrogens is 262 g/mol. The van der Waals surface area contributed by atoms with Gasteiger partial charge in [0.2, 0.25) is 0 Å². The molecule has 0 radical (unpaired) electrons. The third-order valence-electron chi connectivity index (χ3n) is 2.77. The van der Waals surface area contributed by atoms with Crippen molar-refractivity contribution in [2.45, 2.75) is 0 Å². The van der Waals surface area contributed by atoms with Gasteiger partial charge in [0, 0.05) is 10.9 Å². The van der Waals surface area contributed by atoms with Gasteiger partial charge < -0.3 is 10.4 Å². The predicted octanol–water partition coefficient (Wildman–Crippen LogP) is 2.91. The van der Waals surface area contributed by atoms with Crippen molar-refractivity contribution < 1.29 is 19.5 Å². The Balaban J connectivity index is 2.82. The average Bonchev–Trinajstić information content (AvgIpc) is 2.46. The number of nitrogens with zero attached hydrogens (tertiary/aromatic N) is 1. The number of nitrogens with one attached hydrogen (secondary N) is 2. The van der Waals surface area contributed by atoms with Gasteiger partial charge in [0.25, 0.3) is 0 Å². The molecule has 100 valence electrons. The molecule has 3 N–H and O–H groups in total. The average molecular weight is 271 g/mol. The molecule has 0 unspecified atom stereocenters. The van der Waals surface area contributed by atoms with E-state index in [-0.39, 0.29) is 16.8 Å². The number of benzene rings is 2. The minimum absolute atomic E-state index is 0.0121. The van der Waals surface area contributed by atoms with Crippen molar-refractivity contribution in [2.24, 2.45) is 5.11 Å². The lowest BCUT2D eigenvalue weighted by atomic mass is 9.99. The first kappa shape index (κ1) is 13.3. The molecule has 0 aromatic heterocycles. The summed E-state index contributed by atoms with van der Waals surface area (Å²) in [7, 11) is 0. The molecule has 2 rings (SSSR count). The second-order valence-corrected chi connectivity index (χ2v) is 3.90. The molecule has 2 aromatic rings. The van der Waals surface area contributed by atoms with Gasteiger partial charge in [-0.1, -0.05) is 29.4 Å². The van der Waals surface area contributed by atoms with E-state index in [2.05, 4.69) is 10.4 Å². The second kappa shape index (κ2) is 5.27. The molecule has 0 spiro atoms. The lowest BCUT2D eigenvalue weighted by molar-refractivity contribution is 0.0699. The number of hydrogen-bond donors (Lipinski definition) is 3. The molecule has 7 nitrogen and oxygen atoms in total. The molecule has 0 aliphatic rings. The van der Waals surface area contributed by atoms with E-state index in [1.54, 1.807) is 24.3 Å². The summed E-state index contributed by atoms with van der Waals surface area (Å²) in [5, 5.41) is 14.9. The van der Waals surface area contributed by atoms with Gasteiger partial charge in [0.15, 0.2) is 6.29 Å². The number of aldehydes is 1. The number of fused-ring (bicyclic) bond motifs is 1. The maximum Gasteiger partial charge on any atom is 0.363 e. The summed E-state index contributed by atoms with van der Waals surface area (Å²) in [5.74, 6) is -1.17. The first-order chi connectivity index (χ1) is 9.58. The number of carboxylic acids is 1. The number of carboxylic acid groups (broad SMARTS) is 1. The molecule has 7 heteroatoms. The van der Waals surface area contributed by atoms with E-state index in [4.69, 9.17) is 10.6 Å². The Hall–Kier alpha value is -3.09. The Kier molecular flexibility index (Phi) is 3.52. The Bertz CT molecular complexity index is 740. The predicted molar refractivity (Wildman–Crippen MR) is 70.5 cm³/mol. The molecule has 0 aliphatic carbocycles. The highest BCUT2D eigenvalue weighted by Gasteiger charge is 2.16. The molecule has 0 aliphatic heterocycles. The molecule has 0 saturated heterocycles. The highest BCUT2D eigenvalue weighted by atomic mass is 16.4. The van der Waals surface area contributed by atoms with Crippen LogP contribution in [-0.2, 0) is 0 Å². The number of aromatic carboxylic acids is 1. The number of hydrogen-bond acceptors (Lipinski definition) is 4. The molecule has 2 amide bonds. The van der Waals surface area contributed by atoms with Gasteiger partial charge in [0.05, 0.1) is 11.3 Å². The van der Waals surface area contributed by atoms with E-state index in [1.165, 1.54) is 6.07 Å². The lowest BCUT2D eigenvalue weighted by Gasteiger charge is -2.11. The van der Waals surface area contributed by atoms with E-state index < -0.39 is 12.0 Å². The van der Waals surface area contributed by atoms with Gasteiger partial charge in [-0.3, -0.25) is 4.79 Å². The Morgan fingerprint density at radius 1 is 1.25 bits per heavy atom. The summed E-state index contributed by atoms with van der Waals surface area (Å²) in [6.07, 6.45) is 0.443. The summed E-state index contributed by atoms with van der Waals surface area (Å²) in [5.41, 5.74) is 6.75. The molecule has 0 heterocycles. The van der Waals surface area contributed by atoms with Gasteiger partial charge in [-0.15, -0.1) is 0 Å². The van der Waals surface area contributed by atoms with Crippen LogP contribution in [0.25, 0.3) is 10.8 Å². The van der Waals surface area contributed by atoms with Gasteiger partial charge in [0.1, 0.15) is 0 Å². The molecule has 2 aromatic carbocycles. The van der Waals surface area contributed by atoms with Gasteiger partial charge >= 0.3 is 12.0 Å².